The third kappa shape index (κ3) is 4.75. The lowest BCUT2D eigenvalue weighted by molar-refractivity contribution is 0.0913. The Hall–Kier alpha value is -1.22. The molecule has 8 heteroatoms. The molecule has 0 bridgehead atoms. The Morgan fingerprint density at radius 3 is 2.79 bits per heavy atom. The topological polar surface area (TPSA) is 102 Å². The second-order valence-electron chi connectivity index (χ2n) is 3.74. The van der Waals surface area contributed by atoms with Crippen LogP contribution < -0.4 is 10.5 Å². The molecule has 1 aromatic rings. The second kappa shape index (κ2) is 7.39. The van der Waals surface area contributed by atoms with Gasteiger partial charge in [-0.2, -0.15) is 0 Å². The van der Waals surface area contributed by atoms with Crippen molar-refractivity contribution in [1.29, 1.82) is 0 Å². The van der Waals surface area contributed by atoms with E-state index in [1.54, 1.807) is 0 Å². The molecule has 0 atom stereocenters. The number of anilines is 1. The van der Waals surface area contributed by atoms with Crippen molar-refractivity contribution in [2.75, 3.05) is 32.1 Å². The zero-order valence-electron chi connectivity index (χ0n) is 10.3. The van der Waals surface area contributed by atoms with E-state index < -0.39 is 21.5 Å². The minimum Gasteiger partial charge on any atom is -0.395 e. The summed E-state index contributed by atoms with van der Waals surface area (Å²) in [4.78, 5) is -0.274. The Balaban J connectivity index is 2.54. The first kappa shape index (κ1) is 15.8. The number of rotatable bonds is 8. The van der Waals surface area contributed by atoms with Gasteiger partial charge in [0.2, 0.25) is 10.0 Å². The van der Waals surface area contributed by atoms with Gasteiger partial charge in [-0.15, -0.1) is 0 Å². The number of nitrogens with two attached hydrogens (primary N) is 1. The minimum absolute atomic E-state index is 0.0778. The molecule has 0 amide bonds. The normalized spacial score (nSPS) is 11.7. The summed E-state index contributed by atoms with van der Waals surface area (Å²) in [5, 5.41) is 8.47. The molecular weight excluding hydrogens is 275 g/mol. The zero-order valence-corrected chi connectivity index (χ0v) is 11.1. The van der Waals surface area contributed by atoms with Gasteiger partial charge in [0.25, 0.3) is 0 Å². The third-order valence-corrected chi connectivity index (χ3v) is 3.81. The highest BCUT2D eigenvalue weighted by molar-refractivity contribution is 7.89. The van der Waals surface area contributed by atoms with Gasteiger partial charge >= 0.3 is 0 Å². The van der Waals surface area contributed by atoms with E-state index in [4.69, 9.17) is 15.6 Å². The van der Waals surface area contributed by atoms with Crippen molar-refractivity contribution in [2.45, 2.75) is 11.3 Å². The molecule has 4 N–H and O–H groups in total. The highest BCUT2D eigenvalue weighted by atomic mass is 32.2. The van der Waals surface area contributed by atoms with Gasteiger partial charge in [-0.25, -0.2) is 17.5 Å². The monoisotopic (exact) mass is 292 g/mol. The van der Waals surface area contributed by atoms with Crippen LogP contribution in [0.25, 0.3) is 0 Å². The maximum atomic E-state index is 13.2. The highest BCUT2D eigenvalue weighted by Crippen LogP contribution is 2.20. The molecule has 6 nitrogen and oxygen atoms in total. The largest absolute Gasteiger partial charge is 0.395 e. The number of aliphatic hydroxyl groups excluding tert-OH is 1. The number of aliphatic hydroxyl groups is 1. The van der Waals surface area contributed by atoms with Crippen molar-refractivity contribution < 1.29 is 22.7 Å². The Morgan fingerprint density at radius 1 is 1.37 bits per heavy atom. The van der Waals surface area contributed by atoms with Crippen LogP contribution in [-0.4, -0.2) is 39.9 Å². The molecule has 0 aromatic heterocycles. The summed E-state index contributed by atoms with van der Waals surface area (Å²) < 4.78 is 44.2. The molecule has 0 aliphatic carbocycles. The summed E-state index contributed by atoms with van der Waals surface area (Å²) in [5.74, 6) is -0.769. The van der Waals surface area contributed by atoms with Crippen LogP contribution in [0.5, 0.6) is 0 Å². The third-order valence-electron chi connectivity index (χ3n) is 2.30. The lowest BCUT2D eigenvalue weighted by Crippen LogP contribution is -2.26. The van der Waals surface area contributed by atoms with Crippen LogP contribution in [0.3, 0.4) is 0 Å². The van der Waals surface area contributed by atoms with E-state index in [1.165, 1.54) is 12.1 Å². The van der Waals surface area contributed by atoms with Gasteiger partial charge in [0.1, 0.15) is 10.7 Å². The SMILES string of the molecule is Nc1c(F)cccc1S(=O)(=O)NCCCOCCO. The van der Waals surface area contributed by atoms with Crippen LogP contribution in [0.1, 0.15) is 6.42 Å². The van der Waals surface area contributed by atoms with Crippen molar-refractivity contribution >= 4 is 15.7 Å². The van der Waals surface area contributed by atoms with E-state index in [9.17, 15) is 12.8 Å². The molecule has 1 aromatic carbocycles. The van der Waals surface area contributed by atoms with Crippen LogP contribution >= 0.6 is 0 Å². The summed E-state index contributed by atoms with van der Waals surface area (Å²) in [6.45, 7) is 0.598. The van der Waals surface area contributed by atoms with Gasteiger partial charge in [0.05, 0.1) is 18.9 Å². The number of sulfonamides is 1. The van der Waals surface area contributed by atoms with Crippen molar-refractivity contribution in [3.05, 3.63) is 24.0 Å². The van der Waals surface area contributed by atoms with E-state index >= 15 is 0 Å². The maximum absolute atomic E-state index is 13.2. The van der Waals surface area contributed by atoms with Gasteiger partial charge < -0.3 is 15.6 Å². The molecule has 0 spiro atoms. The fourth-order valence-electron chi connectivity index (χ4n) is 1.38. The van der Waals surface area contributed by atoms with Gasteiger partial charge in [0, 0.05) is 13.2 Å². The summed E-state index contributed by atoms with van der Waals surface area (Å²) in [6, 6.07) is 3.62. The second-order valence-corrected chi connectivity index (χ2v) is 5.47. The Labute approximate surface area is 111 Å². The van der Waals surface area contributed by atoms with Crippen LogP contribution in [-0.2, 0) is 14.8 Å². The van der Waals surface area contributed by atoms with E-state index in [1.807, 2.05) is 0 Å². The van der Waals surface area contributed by atoms with E-state index in [2.05, 4.69) is 4.72 Å². The van der Waals surface area contributed by atoms with Crippen LogP contribution in [0, 0.1) is 5.82 Å². The lowest BCUT2D eigenvalue weighted by atomic mass is 10.3. The molecule has 0 aliphatic heterocycles. The molecule has 0 saturated heterocycles. The number of hydrogen-bond acceptors (Lipinski definition) is 5. The summed E-state index contributed by atoms with van der Waals surface area (Å²) in [5.41, 5.74) is 5.00. The molecule has 0 unspecified atom stereocenters. The predicted molar refractivity (Wildman–Crippen MR) is 68.5 cm³/mol. The lowest BCUT2D eigenvalue weighted by Gasteiger charge is -2.09. The van der Waals surface area contributed by atoms with E-state index in [0.29, 0.717) is 13.0 Å². The standard InChI is InChI=1S/C11H17FN2O4S/c12-9-3-1-4-10(11(9)13)19(16,17)14-5-2-7-18-8-6-15/h1,3-4,14-15H,2,5-8,13H2. The fourth-order valence-corrected chi connectivity index (χ4v) is 2.59. The Morgan fingerprint density at radius 2 is 2.11 bits per heavy atom. The van der Waals surface area contributed by atoms with Crippen LogP contribution in [0.15, 0.2) is 23.1 Å². The maximum Gasteiger partial charge on any atom is 0.242 e. The number of ether oxygens (including phenoxy) is 1. The molecule has 0 radical (unpaired) electrons. The van der Waals surface area contributed by atoms with Crippen LogP contribution in [0.2, 0.25) is 0 Å². The summed E-state index contributed by atoms with van der Waals surface area (Å²) in [6.07, 6.45) is 0.439. The van der Waals surface area contributed by atoms with Gasteiger partial charge in [-0.1, -0.05) is 6.07 Å². The number of nitrogen functional groups attached to an aromatic ring is 1. The molecular formula is C11H17FN2O4S. The zero-order chi connectivity index (χ0) is 14.3. The molecule has 1 rings (SSSR count). The summed E-state index contributed by atoms with van der Waals surface area (Å²) in [7, 11) is -3.83. The predicted octanol–water partition coefficient (Wildman–Crippen LogP) is 0.0852. The fraction of sp³-hybridized carbons (Fsp3) is 0.455. The number of benzene rings is 1. The average molecular weight is 292 g/mol. The first-order valence-corrected chi connectivity index (χ1v) is 7.19. The number of para-hydroxylation sites is 1. The minimum atomic E-state index is -3.83. The molecule has 0 aliphatic rings. The summed E-state index contributed by atoms with van der Waals surface area (Å²) >= 11 is 0. The van der Waals surface area contributed by atoms with E-state index in [-0.39, 0.29) is 24.7 Å². The Kier molecular flexibility index (Phi) is 6.16. The van der Waals surface area contributed by atoms with Crippen molar-refractivity contribution in [1.82, 2.24) is 4.72 Å². The van der Waals surface area contributed by atoms with Gasteiger partial charge in [-0.3, -0.25) is 0 Å². The van der Waals surface area contributed by atoms with Gasteiger partial charge in [0.15, 0.2) is 0 Å². The quantitative estimate of drug-likeness (QED) is 0.465. The van der Waals surface area contributed by atoms with Crippen molar-refractivity contribution in [2.24, 2.45) is 0 Å². The molecule has 19 heavy (non-hydrogen) atoms. The van der Waals surface area contributed by atoms with E-state index in [0.717, 1.165) is 6.07 Å². The first-order valence-electron chi connectivity index (χ1n) is 5.71. The molecule has 0 heterocycles. The average Bonchev–Trinajstić information content (AvgIpc) is 2.36. The van der Waals surface area contributed by atoms with Crippen molar-refractivity contribution in [3.8, 4) is 0 Å². The number of halogens is 1. The molecule has 0 fully saturated rings. The molecule has 0 saturated carbocycles. The Bertz CT molecular complexity index is 507. The number of hydrogen-bond donors (Lipinski definition) is 3. The smallest absolute Gasteiger partial charge is 0.242 e. The number of nitrogens with one attached hydrogen (secondary N) is 1. The van der Waals surface area contributed by atoms with Gasteiger partial charge in [-0.05, 0) is 18.6 Å². The first-order chi connectivity index (χ1) is 8.99. The molecule has 108 valence electrons. The van der Waals surface area contributed by atoms with Crippen molar-refractivity contribution in [3.63, 3.8) is 0 Å². The van der Waals surface area contributed by atoms with Crippen LogP contribution in [0.4, 0.5) is 10.1 Å². The highest BCUT2D eigenvalue weighted by Gasteiger charge is 2.18.